The molecule has 0 radical (unpaired) electrons. The summed E-state index contributed by atoms with van der Waals surface area (Å²) in [4.78, 5) is 11.3. The van der Waals surface area contributed by atoms with Crippen molar-refractivity contribution in [3.8, 4) is 0 Å². The molecule has 2 heterocycles. The molecule has 0 amide bonds. The van der Waals surface area contributed by atoms with Gasteiger partial charge in [-0.3, -0.25) is 0 Å². The first-order valence-electron chi connectivity index (χ1n) is 4.99. The molecule has 0 bridgehead atoms. The van der Waals surface area contributed by atoms with E-state index in [0.29, 0.717) is 6.42 Å². The standard InChI is InChI=1S/C8H10Cl2N4O2S/c9-6-12-7(10)14-8(13-6)11-5-2-1-3-17(15,16)4-5/h5H,1-4H2,(H,11,12,13,14). The van der Waals surface area contributed by atoms with Crippen LogP contribution in [0.2, 0.25) is 10.6 Å². The zero-order valence-electron chi connectivity index (χ0n) is 8.73. The van der Waals surface area contributed by atoms with Gasteiger partial charge in [0.25, 0.3) is 0 Å². The first-order valence-corrected chi connectivity index (χ1v) is 7.56. The number of sulfone groups is 1. The fraction of sp³-hybridized carbons (Fsp3) is 0.625. The molecule has 1 aromatic heterocycles. The molecule has 1 unspecified atom stereocenters. The van der Waals surface area contributed by atoms with Crippen LogP contribution < -0.4 is 5.32 Å². The Labute approximate surface area is 109 Å². The van der Waals surface area contributed by atoms with Crippen molar-refractivity contribution in [3.05, 3.63) is 10.6 Å². The van der Waals surface area contributed by atoms with Gasteiger partial charge < -0.3 is 5.32 Å². The van der Waals surface area contributed by atoms with Crippen molar-refractivity contribution in [1.82, 2.24) is 15.0 Å². The predicted octanol–water partition coefficient (Wildman–Crippen LogP) is 1.17. The molecular formula is C8H10Cl2N4O2S. The second-order valence-electron chi connectivity index (χ2n) is 3.79. The lowest BCUT2D eigenvalue weighted by Gasteiger charge is -2.22. The largest absolute Gasteiger partial charge is 0.350 e. The second-order valence-corrected chi connectivity index (χ2v) is 6.70. The van der Waals surface area contributed by atoms with Gasteiger partial charge in [-0.1, -0.05) is 0 Å². The van der Waals surface area contributed by atoms with Gasteiger partial charge in [0.05, 0.1) is 11.5 Å². The summed E-state index contributed by atoms with van der Waals surface area (Å²) >= 11 is 11.2. The fourth-order valence-electron chi connectivity index (χ4n) is 1.71. The van der Waals surface area contributed by atoms with E-state index >= 15 is 0 Å². The zero-order chi connectivity index (χ0) is 12.5. The Morgan fingerprint density at radius 3 is 2.41 bits per heavy atom. The van der Waals surface area contributed by atoms with Crippen LogP contribution in [0.5, 0.6) is 0 Å². The van der Waals surface area contributed by atoms with Crippen LogP contribution in [0.15, 0.2) is 0 Å². The van der Waals surface area contributed by atoms with Crippen molar-refractivity contribution < 1.29 is 8.42 Å². The molecule has 1 saturated heterocycles. The molecule has 2 rings (SSSR count). The SMILES string of the molecule is O=S1(=O)CCCC(Nc2nc(Cl)nc(Cl)n2)C1. The van der Waals surface area contributed by atoms with E-state index in [1.807, 2.05) is 0 Å². The van der Waals surface area contributed by atoms with E-state index in [2.05, 4.69) is 20.3 Å². The molecule has 0 saturated carbocycles. The average Bonchev–Trinajstić information content (AvgIpc) is 2.13. The first-order chi connectivity index (χ1) is 7.94. The highest BCUT2D eigenvalue weighted by Gasteiger charge is 2.25. The van der Waals surface area contributed by atoms with E-state index in [4.69, 9.17) is 23.2 Å². The van der Waals surface area contributed by atoms with Gasteiger partial charge in [-0.25, -0.2) is 8.42 Å². The van der Waals surface area contributed by atoms with Gasteiger partial charge in [0.15, 0.2) is 9.84 Å². The number of nitrogens with zero attached hydrogens (tertiary/aromatic N) is 3. The Bertz CT molecular complexity index is 502. The van der Waals surface area contributed by atoms with Crippen LogP contribution in [0.1, 0.15) is 12.8 Å². The Morgan fingerprint density at radius 2 is 1.82 bits per heavy atom. The lowest BCUT2D eigenvalue weighted by atomic mass is 10.2. The molecule has 1 atom stereocenters. The van der Waals surface area contributed by atoms with Gasteiger partial charge in [0.2, 0.25) is 16.5 Å². The maximum Gasteiger partial charge on any atom is 0.228 e. The van der Waals surface area contributed by atoms with Crippen LogP contribution in [0.3, 0.4) is 0 Å². The van der Waals surface area contributed by atoms with E-state index in [-0.39, 0.29) is 34.1 Å². The van der Waals surface area contributed by atoms with Crippen molar-refractivity contribution in [3.63, 3.8) is 0 Å². The Kier molecular flexibility index (Phi) is 3.70. The minimum Gasteiger partial charge on any atom is -0.350 e. The number of rotatable bonds is 2. The van der Waals surface area contributed by atoms with Gasteiger partial charge in [-0.05, 0) is 36.0 Å². The summed E-state index contributed by atoms with van der Waals surface area (Å²) in [5.74, 6) is 0.523. The third-order valence-electron chi connectivity index (χ3n) is 2.38. The monoisotopic (exact) mass is 296 g/mol. The number of aromatic nitrogens is 3. The van der Waals surface area contributed by atoms with Crippen LogP contribution in [0.4, 0.5) is 5.95 Å². The average molecular weight is 297 g/mol. The highest BCUT2D eigenvalue weighted by atomic mass is 35.5. The molecule has 9 heteroatoms. The lowest BCUT2D eigenvalue weighted by Crippen LogP contribution is -2.35. The van der Waals surface area contributed by atoms with Gasteiger partial charge >= 0.3 is 0 Å². The van der Waals surface area contributed by atoms with Crippen molar-refractivity contribution in [2.75, 3.05) is 16.8 Å². The van der Waals surface area contributed by atoms with Gasteiger partial charge in [0.1, 0.15) is 0 Å². The van der Waals surface area contributed by atoms with Crippen molar-refractivity contribution in [2.45, 2.75) is 18.9 Å². The number of anilines is 1. The minimum atomic E-state index is -2.97. The lowest BCUT2D eigenvalue weighted by molar-refractivity contribution is 0.561. The highest BCUT2D eigenvalue weighted by Crippen LogP contribution is 2.17. The third-order valence-corrected chi connectivity index (χ3v) is 4.54. The fourth-order valence-corrected chi connectivity index (χ4v) is 3.71. The van der Waals surface area contributed by atoms with Crippen LogP contribution in [-0.4, -0.2) is 40.9 Å². The summed E-state index contributed by atoms with van der Waals surface area (Å²) < 4.78 is 22.9. The Morgan fingerprint density at radius 1 is 1.18 bits per heavy atom. The molecule has 0 aliphatic carbocycles. The Balaban J connectivity index is 2.10. The van der Waals surface area contributed by atoms with Crippen LogP contribution in [0, 0.1) is 0 Å². The minimum absolute atomic E-state index is 0.0221. The predicted molar refractivity (Wildman–Crippen MR) is 65.1 cm³/mol. The van der Waals surface area contributed by atoms with Crippen molar-refractivity contribution in [1.29, 1.82) is 0 Å². The molecule has 0 aromatic carbocycles. The first kappa shape index (κ1) is 12.8. The summed E-state index contributed by atoms with van der Waals surface area (Å²) in [6.45, 7) is 0. The summed E-state index contributed by atoms with van der Waals surface area (Å²) in [5.41, 5.74) is 0. The summed E-state index contributed by atoms with van der Waals surface area (Å²) in [6.07, 6.45) is 1.38. The summed E-state index contributed by atoms with van der Waals surface area (Å²) in [6, 6.07) is -0.205. The van der Waals surface area contributed by atoms with Crippen LogP contribution in [0.25, 0.3) is 0 Å². The number of nitrogens with one attached hydrogen (secondary N) is 1. The molecule has 94 valence electrons. The maximum absolute atomic E-state index is 11.4. The Hall–Kier alpha value is -0.660. The number of hydrogen-bond acceptors (Lipinski definition) is 6. The summed E-state index contributed by atoms with van der Waals surface area (Å²) in [5, 5.41) is 2.86. The number of halogens is 2. The molecule has 1 aliphatic heterocycles. The zero-order valence-corrected chi connectivity index (χ0v) is 11.1. The van der Waals surface area contributed by atoms with Gasteiger partial charge in [0, 0.05) is 6.04 Å². The van der Waals surface area contributed by atoms with E-state index < -0.39 is 9.84 Å². The quantitative estimate of drug-likeness (QED) is 0.882. The maximum atomic E-state index is 11.4. The third kappa shape index (κ3) is 3.65. The van der Waals surface area contributed by atoms with Crippen LogP contribution >= 0.6 is 23.2 Å². The molecule has 1 aromatic rings. The molecule has 1 aliphatic rings. The van der Waals surface area contributed by atoms with Gasteiger partial charge in [-0.15, -0.1) is 0 Å². The molecule has 0 spiro atoms. The normalized spacial score (nSPS) is 23.3. The van der Waals surface area contributed by atoms with E-state index in [9.17, 15) is 8.42 Å². The smallest absolute Gasteiger partial charge is 0.228 e. The second kappa shape index (κ2) is 4.91. The van der Waals surface area contributed by atoms with Crippen LogP contribution in [-0.2, 0) is 9.84 Å². The molecule has 1 fully saturated rings. The molecule has 6 nitrogen and oxygen atoms in total. The molecule has 1 N–H and O–H groups in total. The van der Waals surface area contributed by atoms with E-state index in [1.54, 1.807) is 0 Å². The molecular weight excluding hydrogens is 287 g/mol. The van der Waals surface area contributed by atoms with Crippen molar-refractivity contribution in [2.24, 2.45) is 0 Å². The van der Waals surface area contributed by atoms with E-state index in [1.165, 1.54) is 0 Å². The number of hydrogen-bond donors (Lipinski definition) is 1. The van der Waals surface area contributed by atoms with Crippen molar-refractivity contribution >= 4 is 39.0 Å². The van der Waals surface area contributed by atoms with Gasteiger partial charge in [-0.2, -0.15) is 15.0 Å². The highest BCUT2D eigenvalue weighted by molar-refractivity contribution is 7.91. The molecule has 17 heavy (non-hydrogen) atoms. The topological polar surface area (TPSA) is 84.8 Å². The van der Waals surface area contributed by atoms with E-state index in [0.717, 1.165) is 6.42 Å². The summed E-state index contributed by atoms with van der Waals surface area (Å²) in [7, 11) is -2.97.